The molecule has 1 aromatic rings. The fourth-order valence-corrected chi connectivity index (χ4v) is 0.939. The van der Waals surface area contributed by atoms with Crippen molar-refractivity contribution in [1.29, 1.82) is 0 Å². The normalized spacial score (nSPS) is 14.2. The Kier molecular flexibility index (Phi) is 2.56. The van der Waals surface area contributed by atoms with Crippen molar-refractivity contribution in [3.05, 3.63) is 29.6 Å². The maximum Gasteiger partial charge on any atom is 0.418 e. The van der Waals surface area contributed by atoms with Crippen LogP contribution in [0.1, 0.15) is 17.2 Å². The van der Waals surface area contributed by atoms with Crippen LogP contribution in [0.25, 0.3) is 0 Å². The number of rotatable bonds is 1. The zero-order valence-electron chi connectivity index (χ0n) is 6.84. The largest absolute Gasteiger partial charge is 0.418 e. The minimum absolute atomic E-state index is 0.199. The number of pyridine rings is 1. The van der Waals surface area contributed by atoms with E-state index in [0.29, 0.717) is 5.56 Å². The van der Waals surface area contributed by atoms with Gasteiger partial charge in [0, 0.05) is 18.0 Å². The smallest absolute Gasteiger partial charge is 0.379 e. The van der Waals surface area contributed by atoms with E-state index >= 15 is 0 Å². The third kappa shape index (κ3) is 2.18. The van der Waals surface area contributed by atoms with Crippen LogP contribution in [0.2, 0.25) is 0 Å². The monoisotopic (exact) mass is 191 g/mol. The molecule has 0 saturated heterocycles. The van der Waals surface area contributed by atoms with Gasteiger partial charge in [0.15, 0.2) is 6.10 Å². The number of hydrogen-bond donors (Lipinski definition) is 1. The van der Waals surface area contributed by atoms with Crippen molar-refractivity contribution in [1.82, 2.24) is 4.98 Å². The molecule has 1 aromatic heterocycles. The molecule has 0 aliphatic heterocycles. The molecule has 5 heteroatoms. The fourth-order valence-electron chi connectivity index (χ4n) is 0.939. The van der Waals surface area contributed by atoms with Crippen molar-refractivity contribution in [3.63, 3.8) is 0 Å². The predicted octanol–water partition coefficient (Wildman–Crippen LogP) is 1.99. The fraction of sp³-hybridized carbons (Fsp3) is 0.375. The van der Waals surface area contributed by atoms with Crippen LogP contribution in [0.15, 0.2) is 18.5 Å². The van der Waals surface area contributed by atoms with Gasteiger partial charge in [-0.3, -0.25) is 4.98 Å². The maximum atomic E-state index is 12.0. The number of aromatic nitrogens is 1. The molecule has 0 aromatic carbocycles. The summed E-state index contributed by atoms with van der Waals surface area (Å²) >= 11 is 0. The van der Waals surface area contributed by atoms with Gasteiger partial charge in [-0.25, -0.2) is 0 Å². The first kappa shape index (κ1) is 9.98. The van der Waals surface area contributed by atoms with Gasteiger partial charge in [0.05, 0.1) is 0 Å². The molecular formula is C8H8F3NO. The molecule has 0 spiro atoms. The van der Waals surface area contributed by atoms with Crippen molar-refractivity contribution < 1.29 is 18.3 Å². The van der Waals surface area contributed by atoms with E-state index in [1.807, 2.05) is 0 Å². The van der Waals surface area contributed by atoms with Gasteiger partial charge in [-0.2, -0.15) is 13.2 Å². The third-order valence-electron chi connectivity index (χ3n) is 1.68. The van der Waals surface area contributed by atoms with E-state index in [-0.39, 0.29) is 5.56 Å². The van der Waals surface area contributed by atoms with Gasteiger partial charge in [0.2, 0.25) is 0 Å². The Morgan fingerprint density at radius 1 is 1.46 bits per heavy atom. The summed E-state index contributed by atoms with van der Waals surface area (Å²) in [7, 11) is 0. The highest BCUT2D eigenvalue weighted by molar-refractivity contribution is 5.24. The number of aliphatic hydroxyl groups is 1. The van der Waals surface area contributed by atoms with Gasteiger partial charge in [0.1, 0.15) is 0 Å². The van der Waals surface area contributed by atoms with E-state index in [2.05, 4.69) is 4.98 Å². The highest BCUT2D eigenvalue weighted by Gasteiger charge is 2.40. The summed E-state index contributed by atoms with van der Waals surface area (Å²) in [4.78, 5) is 3.52. The van der Waals surface area contributed by atoms with Crippen LogP contribution in [-0.2, 0) is 0 Å². The molecule has 0 unspecified atom stereocenters. The van der Waals surface area contributed by atoms with E-state index in [1.165, 1.54) is 19.2 Å². The number of halogens is 3. The second-order valence-electron chi connectivity index (χ2n) is 2.68. The summed E-state index contributed by atoms with van der Waals surface area (Å²) < 4.78 is 36.1. The molecule has 0 bridgehead atoms. The Morgan fingerprint density at radius 3 is 2.54 bits per heavy atom. The van der Waals surface area contributed by atoms with Gasteiger partial charge < -0.3 is 5.11 Å². The van der Waals surface area contributed by atoms with Crippen LogP contribution in [0.5, 0.6) is 0 Å². The first-order valence-electron chi connectivity index (χ1n) is 3.58. The SMILES string of the molecule is Cc1ccncc1[C@H](O)C(F)(F)F. The average Bonchev–Trinajstić information content (AvgIpc) is 2.02. The van der Waals surface area contributed by atoms with Crippen molar-refractivity contribution in [2.24, 2.45) is 0 Å². The standard InChI is InChI=1S/C8H8F3NO/c1-5-2-3-12-4-6(5)7(13)8(9,10)11/h2-4,7,13H,1H3/t7-/m0/s1. The molecule has 2 nitrogen and oxygen atoms in total. The number of nitrogens with zero attached hydrogens (tertiary/aromatic N) is 1. The lowest BCUT2D eigenvalue weighted by Gasteiger charge is -2.15. The van der Waals surface area contributed by atoms with E-state index in [9.17, 15) is 13.2 Å². The number of hydrogen-bond acceptors (Lipinski definition) is 2. The topological polar surface area (TPSA) is 33.1 Å². The molecule has 1 atom stereocenters. The van der Waals surface area contributed by atoms with Crippen LogP contribution in [-0.4, -0.2) is 16.3 Å². The van der Waals surface area contributed by atoms with Crippen molar-refractivity contribution in [2.75, 3.05) is 0 Å². The molecule has 0 aliphatic rings. The summed E-state index contributed by atoms with van der Waals surface area (Å²) in [6, 6.07) is 1.42. The highest BCUT2D eigenvalue weighted by Crippen LogP contribution is 2.33. The van der Waals surface area contributed by atoms with Crippen molar-refractivity contribution in [3.8, 4) is 0 Å². The predicted molar refractivity (Wildman–Crippen MR) is 40.0 cm³/mol. The van der Waals surface area contributed by atoms with Crippen LogP contribution in [0.3, 0.4) is 0 Å². The Balaban J connectivity index is 3.02. The minimum atomic E-state index is -4.63. The Labute approximate surface area is 73.0 Å². The number of alkyl halides is 3. The zero-order chi connectivity index (χ0) is 10.1. The summed E-state index contributed by atoms with van der Waals surface area (Å²) in [5, 5.41) is 8.87. The van der Waals surface area contributed by atoms with Gasteiger partial charge in [0.25, 0.3) is 0 Å². The number of aliphatic hydroxyl groups excluding tert-OH is 1. The Morgan fingerprint density at radius 2 is 2.08 bits per heavy atom. The van der Waals surface area contributed by atoms with Crippen LogP contribution >= 0.6 is 0 Å². The van der Waals surface area contributed by atoms with Gasteiger partial charge in [-0.15, -0.1) is 0 Å². The molecule has 1 N–H and O–H groups in total. The van der Waals surface area contributed by atoms with E-state index < -0.39 is 12.3 Å². The van der Waals surface area contributed by atoms with Crippen LogP contribution in [0.4, 0.5) is 13.2 Å². The van der Waals surface area contributed by atoms with Crippen molar-refractivity contribution in [2.45, 2.75) is 19.2 Å². The molecular weight excluding hydrogens is 183 g/mol. The first-order chi connectivity index (χ1) is 5.93. The summed E-state index contributed by atoms with van der Waals surface area (Å²) in [5.74, 6) is 0. The molecule has 0 amide bonds. The molecule has 13 heavy (non-hydrogen) atoms. The van der Waals surface area contributed by atoms with Gasteiger partial charge in [-0.1, -0.05) is 0 Å². The van der Waals surface area contributed by atoms with Crippen LogP contribution < -0.4 is 0 Å². The maximum absolute atomic E-state index is 12.0. The Bertz CT molecular complexity index is 298. The van der Waals surface area contributed by atoms with Gasteiger partial charge in [-0.05, 0) is 18.6 Å². The molecule has 0 fully saturated rings. The minimum Gasteiger partial charge on any atom is -0.379 e. The highest BCUT2D eigenvalue weighted by atomic mass is 19.4. The third-order valence-corrected chi connectivity index (χ3v) is 1.68. The molecule has 0 aliphatic carbocycles. The lowest BCUT2D eigenvalue weighted by Crippen LogP contribution is -2.21. The second-order valence-corrected chi connectivity index (χ2v) is 2.68. The molecule has 0 radical (unpaired) electrons. The van der Waals surface area contributed by atoms with Gasteiger partial charge >= 0.3 is 6.18 Å². The molecule has 1 heterocycles. The lowest BCUT2D eigenvalue weighted by atomic mass is 10.1. The molecule has 72 valence electrons. The van der Waals surface area contributed by atoms with E-state index in [1.54, 1.807) is 0 Å². The Hall–Kier alpha value is -1.10. The number of aryl methyl sites for hydroxylation is 1. The quantitative estimate of drug-likeness (QED) is 0.736. The summed E-state index contributed by atoms with van der Waals surface area (Å²) in [6.45, 7) is 1.49. The lowest BCUT2D eigenvalue weighted by molar-refractivity contribution is -0.207. The molecule has 0 saturated carbocycles. The van der Waals surface area contributed by atoms with E-state index in [4.69, 9.17) is 5.11 Å². The van der Waals surface area contributed by atoms with E-state index in [0.717, 1.165) is 6.20 Å². The van der Waals surface area contributed by atoms with Crippen molar-refractivity contribution >= 4 is 0 Å². The summed E-state index contributed by atoms with van der Waals surface area (Å²) in [6.07, 6.45) is -4.68. The average molecular weight is 191 g/mol. The molecule has 1 rings (SSSR count). The second kappa shape index (κ2) is 3.33. The zero-order valence-corrected chi connectivity index (χ0v) is 6.84. The first-order valence-corrected chi connectivity index (χ1v) is 3.58. The van der Waals surface area contributed by atoms with Crippen LogP contribution in [0, 0.1) is 6.92 Å². The summed E-state index contributed by atoms with van der Waals surface area (Å²) in [5.41, 5.74) is 0.176.